The van der Waals surface area contributed by atoms with Crippen molar-refractivity contribution in [1.82, 2.24) is 14.6 Å². The largest absolute Gasteiger partial charge is 0.598 e. The van der Waals surface area contributed by atoms with Gasteiger partial charge in [0.25, 0.3) is 0 Å². The van der Waals surface area contributed by atoms with Gasteiger partial charge in [-0.3, -0.25) is 0 Å². The number of thiazole rings is 1. The Balaban J connectivity index is 1.83. The van der Waals surface area contributed by atoms with Gasteiger partial charge in [-0.05, 0) is 40.0 Å². The van der Waals surface area contributed by atoms with Crippen molar-refractivity contribution in [2.75, 3.05) is 13.1 Å². The number of hydrogen-bond acceptors (Lipinski definition) is 5. The zero-order valence-electron chi connectivity index (χ0n) is 13.7. The van der Waals surface area contributed by atoms with E-state index < -0.39 is 17.5 Å². The quantitative estimate of drug-likeness (QED) is 0.794. The first-order valence-electron chi connectivity index (χ1n) is 7.81. The summed E-state index contributed by atoms with van der Waals surface area (Å²) in [5, 5.41) is 9.17. The van der Waals surface area contributed by atoms with Gasteiger partial charge in [0.1, 0.15) is 4.75 Å². The van der Waals surface area contributed by atoms with E-state index in [0.717, 1.165) is 25.0 Å². The van der Waals surface area contributed by atoms with Crippen LogP contribution in [0, 0.1) is 5.41 Å². The molecule has 2 heterocycles. The predicted octanol–water partition coefficient (Wildman–Crippen LogP) is 2.55. The van der Waals surface area contributed by atoms with Crippen LogP contribution in [0.15, 0.2) is 5.51 Å². The summed E-state index contributed by atoms with van der Waals surface area (Å²) in [5.41, 5.74) is 2.86. The molecule has 1 aromatic heterocycles. The molecule has 1 spiro atoms. The first-order chi connectivity index (χ1) is 10.7. The number of carbonyl (C=O) groups is 1. The van der Waals surface area contributed by atoms with Gasteiger partial charge >= 0.3 is 6.09 Å². The average molecular weight is 358 g/mol. The Labute approximate surface area is 143 Å². The number of fused-ring (bicyclic) bond motifs is 1. The molecule has 128 valence electrons. The molecule has 1 fully saturated rings. The van der Waals surface area contributed by atoms with E-state index in [0.29, 0.717) is 13.1 Å². The van der Waals surface area contributed by atoms with Crippen LogP contribution in [0.25, 0.3) is 0 Å². The number of hydrogen-bond donors (Lipinski definition) is 2. The Morgan fingerprint density at radius 2 is 2.17 bits per heavy atom. The minimum Gasteiger partial charge on any atom is -0.598 e. The number of likely N-dealkylation sites (tertiary alicyclic amines) is 1. The summed E-state index contributed by atoms with van der Waals surface area (Å²) in [7, 11) is 0. The van der Waals surface area contributed by atoms with Crippen LogP contribution in [-0.4, -0.2) is 43.5 Å². The lowest BCUT2D eigenvalue weighted by atomic mass is 9.74. The van der Waals surface area contributed by atoms with Crippen LogP contribution in [0.3, 0.4) is 0 Å². The molecule has 1 saturated heterocycles. The predicted molar refractivity (Wildman–Crippen MR) is 90.9 cm³/mol. The second-order valence-electron chi connectivity index (χ2n) is 7.40. The normalized spacial score (nSPS) is 24.7. The molecular formula is C15H23N3O3S2. The highest BCUT2D eigenvalue weighted by molar-refractivity contribution is 7.90. The van der Waals surface area contributed by atoms with E-state index in [4.69, 9.17) is 0 Å². The van der Waals surface area contributed by atoms with E-state index in [9.17, 15) is 14.5 Å². The molecule has 1 aromatic rings. The lowest BCUT2D eigenvalue weighted by Crippen LogP contribution is -2.50. The number of nitrogens with zero attached hydrogens (tertiary/aromatic N) is 2. The van der Waals surface area contributed by atoms with E-state index in [1.165, 1.54) is 9.78 Å². The fourth-order valence-electron chi connectivity index (χ4n) is 3.43. The SMILES string of the molecule is CC(C)(C)[S+]([O-])N[C@H]1c2scnc2CC12CCN(C(=O)O)CC2. The molecule has 3 rings (SSSR count). The number of rotatable bonds is 2. The third-order valence-corrected chi connectivity index (χ3v) is 7.38. The summed E-state index contributed by atoms with van der Waals surface area (Å²) in [6.45, 7) is 6.93. The molecule has 23 heavy (non-hydrogen) atoms. The van der Waals surface area contributed by atoms with Gasteiger partial charge in [-0.15, -0.1) is 16.1 Å². The second kappa shape index (κ2) is 5.91. The lowest BCUT2D eigenvalue weighted by Gasteiger charge is -2.42. The molecule has 0 saturated carbocycles. The molecule has 2 aliphatic rings. The van der Waals surface area contributed by atoms with Crippen LogP contribution in [0.5, 0.6) is 0 Å². The van der Waals surface area contributed by atoms with Crippen LogP contribution in [0.2, 0.25) is 0 Å². The van der Waals surface area contributed by atoms with Gasteiger partial charge in [0.05, 0.1) is 17.2 Å². The molecular weight excluding hydrogens is 334 g/mol. The molecule has 0 radical (unpaired) electrons. The highest BCUT2D eigenvalue weighted by Gasteiger charge is 2.52. The number of piperidine rings is 1. The molecule has 2 atom stereocenters. The van der Waals surface area contributed by atoms with Crippen molar-refractivity contribution < 1.29 is 14.5 Å². The molecule has 2 N–H and O–H groups in total. The maximum Gasteiger partial charge on any atom is 0.407 e. The third-order valence-electron chi connectivity index (χ3n) is 4.88. The van der Waals surface area contributed by atoms with E-state index >= 15 is 0 Å². The van der Waals surface area contributed by atoms with Crippen LogP contribution < -0.4 is 4.72 Å². The van der Waals surface area contributed by atoms with Gasteiger partial charge in [-0.2, -0.15) is 0 Å². The van der Waals surface area contributed by atoms with Gasteiger partial charge in [-0.1, -0.05) is 0 Å². The molecule has 1 amide bonds. The van der Waals surface area contributed by atoms with Crippen LogP contribution >= 0.6 is 11.3 Å². The maximum absolute atomic E-state index is 12.6. The van der Waals surface area contributed by atoms with Crippen LogP contribution in [0.4, 0.5) is 4.79 Å². The zero-order valence-corrected chi connectivity index (χ0v) is 15.3. The van der Waals surface area contributed by atoms with E-state index in [-0.39, 0.29) is 16.2 Å². The van der Waals surface area contributed by atoms with E-state index in [1.54, 1.807) is 11.3 Å². The standard InChI is InChI=1S/C15H23N3O3S2/c1-14(2,3)23(21)17-12-11-10(16-9-22-11)8-15(12)4-6-18(7-5-15)13(19)20/h9,12,17H,4-8H2,1-3H3,(H,19,20)/t12-,23?/m0/s1. The fourth-order valence-corrected chi connectivity index (χ4v) is 5.44. The molecule has 0 bridgehead atoms. The number of carboxylic acid groups (broad SMARTS) is 1. The van der Waals surface area contributed by atoms with Gasteiger partial charge in [0.2, 0.25) is 0 Å². The smallest absolute Gasteiger partial charge is 0.407 e. The Morgan fingerprint density at radius 3 is 2.74 bits per heavy atom. The first kappa shape index (κ1) is 17.0. The van der Waals surface area contributed by atoms with Crippen molar-refractivity contribution in [2.45, 2.75) is 50.8 Å². The topological polar surface area (TPSA) is 88.5 Å². The minimum atomic E-state index is -1.16. The summed E-state index contributed by atoms with van der Waals surface area (Å²) in [6, 6.07) is 0.000929. The molecule has 6 nitrogen and oxygen atoms in total. The van der Waals surface area contributed by atoms with Crippen molar-refractivity contribution in [3.8, 4) is 0 Å². The Morgan fingerprint density at radius 1 is 1.52 bits per heavy atom. The summed E-state index contributed by atoms with van der Waals surface area (Å²) >= 11 is 0.445. The highest BCUT2D eigenvalue weighted by Crippen LogP contribution is 2.53. The van der Waals surface area contributed by atoms with Crippen molar-refractivity contribution in [3.63, 3.8) is 0 Å². The third kappa shape index (κ3) is 3.09. The van der Waals surface area contributed by atoms with Crippen molar-refractivity contribution in [2.24, 2.45) is 5.41 Å². The first-order valence-corrected chi connectivity index (χ1v) is 9.84. The van der Waals surface area contributed by atoms with Gasteiger partial charge < -0.3 is 14.6 Å². The molecule has 1 aliphatic carbocycles. The minimum absolute atomic E-state index is 0.000929. The Hall–Kier alpha value is -0.830. The van der Waals surface area contributed by atoms with Crippen LogP contribution in [0.1, 0.15) is 50.2 Å². The summed E-state index contributed by atoms with van der Waals surface area (Å²) in [6.07, 6.45) is 1.55. The van der Waals surface area contributed by atoms with Crippen molar-refractivity contribution >= 4 is 28.8 Å². The number of aromatic nitrogens is 1. The van der Waals surface area contributed by atoms with Gasteiger partial charge in [0.15, 0.2) is 0 Å². The number of amides is 1. The monoisotopic (exact) mass is 357 g/mol. The Kier molecular flexibility index (Phi) is 4.37. The second-order valence-corrected chi connectivity index (χ2v) is 10.3. The van der Waals surface area contributed by atoms with Gasteiger partial charge in [-0.25, -0.2) is 9.78 Å². The molecule has 1 unspecified atom stereocenters. The van der Waals surface area contributed by atoms with Gasteiger partial charge in [0, 0.05) is 34.7 Å². The molecule has 0 aromatic carbocycles. The van der Waals surface area contributed by atoms with E-state index in [1.807, 2.05) is 26.3 Å². The number of nitrogens with one attached hydrogen (secondary N) is 1. The lowest BCUT2D eigenvalue weighted by molar-refractivity contribution is 0.0765. The zero-order chi connectivity index (χ0) is 16.8. The highest BCUT2D eigenvalue weighted by atomic mass is 32.2. The van der Waals surface area contributed by atoms with E-state index in [2.05, 4.69) is 9.71 Å². The summed E-state index contributed by atoms with van der Waals surface area (Å²) in [5.74, 6) is 0. The van der Waals surface area contributed by atoms with Crippen LogP contribution in [-0.2, 0) is 17.8 Å². The van der Waals surface area contributed by atoms with Crippen molar-refractivity contribution in [1.29, 1.82) is 0 Å². The molecule has 1 aliphatic heterocycles. The Bertz CT molecular complexity index is 591. The van der Waals surface area contributed by atoms with Crippen molar-refractivity contribution in [3.05, 3.63) is 16.1 Å². The summed E-state index contributed by atoms with van der Waals surface area (Å²) < 4.78 is 15.6. The maximum atomic E-state index is 12.6. The average Bonchev–Trinajstić information content (AvgIpc) is 3.00. The fraction of sp³-hybridized carbons (Fsp3) is 0.733. The molecule has 8 heteroatoms. The summed E-state index contributed by atoms with van der Waals surface area (Å²) in [4.78, 5) is 18.3.